The van der Waals surface area contributed by atoms with Crippen LogP contribution in [0, 0.1) is 0 Å². The Morgan fingerprint density at radius 3 is 2.55 bits per heavy atom. The van der Waals surface area contributed by atoms with Crippen molar-refractivity contribution in [2.75, 3.05) is 26.8 Å². The van der Waals surface area contributed by atoms with Crippen molar-refractivity contribution in [1.82, 2.24) is 15.5 Å². The van der Waals surface area contributed by atoms with Gasteiger partial charge >= 0.3 is 5.97 Å². The van der Waals surface area contributed by atoms with Gasteiger partial charge in [-0.15, -0.1) is 0 Å². The largest absolute Gasteiger partial charge is 0.497 e. The van der Waals surface area contributed by atoms with Crippen LogP contribution >= 0.6 is 12.2 Å². The Hall–Kier alpha value is -3.46. The average molecular weight is 470 g/mol. The summed E-state index contributed by atoms with van der Waals surface area (Å²) in [5.41, 5.74) is 1.86. The van der Waals surface area contributed by atoms with Crippen LogP contribution in [0.3, 0.4) is 0 Å². The molecule has 3 rings (SSSR count). The van der Waals surface area contributed by atoms with Crippen LogP contribution < -0.4 is 15.4 Å². The van der Waals surface area contributed by atoms with E-state index in [0.29, 0.717) is 25.3 Å². The first-order valence-electron chi connectivity index (χ1n) is 10.7. The summed E-state index contributed by atoms with van der Waals surface area (Å²) in [4.78, 5) is 38.8. The van der Waals surface area contributed by atoms with Crippen molar-refractivity contribution in [2.45, 2.75) is 25.3 Å². The van der Waals surface area contributed by atoms with E-state index in [1.54, 1.807) is 36.3 Å². The Balaban J connectivity index is 1.52. The third-order valence-corrected chi connectivity index (χ3v) is 5.55. The maximum atomic E-state index is 12.5. The van der Waals surface area contributed by atoms with Gasteiger partial charge in [-0.3, -0.25) is 14.4 Å². The van der Waals surface area contributed by atoms with E-state index in [4.69, 9.17) is 21.7 Å². The Bertz CT molecular complexity index is 981. The molecule has 0 saturated carbocycles. The minimum Gasteiger partial charge on any atom is -0.497 e. The van der Waals surface area contributed by atoms with Crippen molar-refractivity contribution < 1.29 is 23.9 Å². The zero-order valence-corrected chi connectivity index (χ0v) is 19.2. The SMILES string of the molecule is COc1ccc(CC(=O)NC(=S)N2CCNC(=O)[C@@H]2CC(=O)OCCc2ccccc2)cc1. The summed E-state index contributed by atoms with van der Waals surface area (Å²) < 4.78 is 10.4. The molecule has 0 bridgehead atoms. The van der Waals surface area contributed by atoms with Crippen LogP contribution in [0.5, 0.6) is 5.75 Å². The summed E-state index contributed by atoms with van der Waals surface area (Å²) in [7, 11) is 1.57. The molecule has 2 aromatic carbocycles. The number of piperazine rings is 1. The van der Waals surface area contributed by atoms with Gasteiger partial charge in [0.1, 0.15) is 11.8 Å². The van der Waals surface area contributed by atoms with Crippen LogP contribution in [-0.2, 0) is 32.0 Å². The summed E-state index contributed by atoms with van der Waals surface area (Å²) in [6.45, 7) is 0.975. The summed E-state index contributed by atoms with van der Waals surface area (Å²) in [6, 6.07) is 16.0. The van der Waals surface area contributed by atoms with Gasteiger partial charge in [0.25, 0.3) is 0 Å². The molecule has 2 amide bonds. The standard InChI is InChI=1S/C24H27N3O5S/c1-31-19-9-7-18(8-10-19)15-21(28)26-24(33)27-13-12-25-23(30)20(27)16-22(29)32-14-11-17-5-3-2-4-6-17/h2-10,20H,11-16H2,1H3,(H,25,30)(H,26,28,33)/t20-/m0/s1. The number of carbonyl (C=O) groups is 3. The van der Waals surface area contributed by atoms with Gasteiger partial charge in [-0.2, -0.15) is 0 Å². The monoisotopic (exact) mass is 469 g/mol. The number of methoxy groups -OCH3 is 1. The topological polar surface area (TPSA) is 97.0 Å². The maximum absolute atomic E-state index is 12.5. The van der Waals surface area contributed by atoms with Crippen LogP contribution in [0.15, 0.2) is 54.6 Å². The lowest BCUT2D eigenvalue weighted by molar-refractivity contribution is -0.147. The molecule has 1 heterocycles. The number of rotatable bonds is 8. The molecule has 174 valence electrons. The van der Waals surface area contributed by atoms with Crippen molar-refractivity contribution in [3.05, 3.63) is 65.7 Å². The Labute approximate surface area is 198 Å². The summed E-state index contributed by atoms with van der Waals surface area (Å²) in [5, 5.41) is 5.52. The first-order valence-corrected chi connectivity index (χ1v) is 11.1. The van der Waals surface area contributed by atoms with Crippen LogP contribution in [0.4, 0.5) is 0 Å². The van der Waals surface area contributed by atoms with Crippen molar-refractivity contribution in [2.24, 2.45) is 0 Å². The molecule has 0 radical (unpaired) electrons. The van der Waals surface area contributed by atoms with Gasteiger partial charge in [0.05, 0.1) is 26.6 Å². The van der Waals surface area contributed by atoms with E-state index in [-0.39, 0.29) is 36.4 Å². The van der Waals surface area contributed by atoms with E-state index >= 15 is 0 Å². The Morgan fingerprint density at radius 2 is 1.85 bits per heavy atom. The molecule has 0 aromatic heterocycles. The number of nitrogens with zero attached hydrogens (tertiary/aromatic N) is 1. The van der Waals surface area contributed by atoms with Crippen LogP contribution in [0.25, 0.3) is 0 Å². The second-order valence-corrected chi connectivity index (χ2v) is 7.93. The molecule has 1 saturated heterocycles. The van der Waals surface area contributed by atoms with Gasteiger partial charge < -0.3 is 25.0 Å². The van der Waals surface area contributed by atoms with Gasteiger partial charge in [0.2, 0.25) is 11.8 Å². The minimum absolute atomic E-state index is 0.116. The van der Waals surface area contributed by atoms with E-state index < -0.39 is 12.0 Å². The third kappa shape index (κ3) is 7.28. The minimum atomic E-state index is -0.836. The summed E-state index contributed by atoms with van der Waals surface area (Å²) >= 11 is 5.38. The van der Waals surface area contributed by atoms with E-state index in [1.165, 1.54) is 0 Å². The highest BCUT2D eigenvalue weighted by Crippen LogP contribution is 2.13. The van der Waals surface area contributed by atoms with Crippen molar-refractivity contribution >= 4 is 35.1 Å². The van der Waals surface area contributed by atoms with E-state index in [0.717, 1.165) is 11.1 Å². The van der Waals surface area contributed by atoms with Gasteiger partial charge in [-0.1, -0.05) is 42.5 Å². The fourth-order valence-corrected chi connectivity index (χ4v) is 3.80. The molecule has 1 aliphatic heterocycles. The number of thiocarbonyl (C=S) groups is 1. The lowest BCUT2D eigenvalue weighted by atomic mass is 10.1. The normalized spacial score (nSPS) is 15.4. The number of amides is 2. The highest BCUT2D eigenvalue weighted by Gasteiger charge is 2.34. The number of hydrogen-bond donors (Lipinski definition) is 2. The quantitative estimate of drug-likeness (QED) is 0.448. The number of ether oxygens (including phenoxy) is 2. The predicted molar refractivity (Wildman–Crippen MR) is 127 cm³/mol. The van der Waals surface area contributed by atoms with Gasteiger partial charge in [0, 0.05) is 19.5 Å². The lowest BCUT2D eigenvalue weighted by Crippen LogP contribution is -2.60. The molecule has 1 atom stereocenters. The number of esters is 1. The van der Waals surface area contributed by atoms with Crippen molar-refractivity contribution in [3.8, 4) is 5.75 Å². The van der Waals surface area contributed by atoms with E-state index in [1.807, 2.05) is 30.3 Å². The zero-order chi connectivity index (χ0) is 23.6. The van der Waals surface area contributed by atoms with Crippen LogP contribution in [0.1, 0.15) is 17.5 Å². The van der Waals surface area contributed by atoms with Gasteiger partial charge in [0.15, 0.2) is 5.11 Å². The molecule has 1 fully saturated rings. The van der Waals surface area contributed by atoms with Crippen molar-refractivity contribution in [1.29, 1.82) is 0 Å². The second-order valence-electron chi connectivity index (χ2n) is 7.54. The predicted octanol–water partition coefficient (Wildman–Crippen LogP) is 1.62. The Kier molecular flexibility index (Phi) is 8.77. The highest BCUT2D eigenvalue weighted by molar-refractivity contribution is 7.80. The molecule has 2 aromatic rings. The molecule has 33 heavy (non-hydrogen) atoms. The molecular weight excluding hydrogens is 442 g/mol. The van der Waals surface area contributed by atoms with Crippen LogP contribution in [0.2, 0.25) is 0 Å². The first kappa shape index (κ1) is 24.2. The molecule has 2 N–H and O–H groups in total. The fourth-order valence-electron chi connectivity index (χ4n) is 3.47. The smallest absolute Gasteiger partial charge is 0.308 e. The van der Waals surface area contributed by atoms with Crippen LogP contribution in [-0.4, -0.2) is 60.6 Å². The summed E-state index contributed by atoms with van der Waals surface area (Å²) in [5.74, 6) is -0.425. The third-order valence-electron chi connectivity index (χ3n) is 5.22. The first-order chi connectivity index (χ1) is 16.0. The zero-order valence-electron chi connectivity index (χ0n) is 18.4. The molecule has 0 aliphatic carbocycles. The number of nitrogens with one attached hydrogen (secondary N) is 2. The molecule has 1 aliphatic rings. The number of carbonyl (C=O) groups excluding carboxylic acids is 3. The molecule has 8 nitrogen and oxygen atoms in total. The summed E-state index contributed by atoms with van der Waals surface area (Å²) in [6.07, 6.45) is 0.554. The molecule has 0 spiro atoms. The number of benzene rings is 2. The second kappa shape index (κ2) is 12.0. The lowest BCUT2D eigenvalue weighted by Gasteiger charge is -2.36. The maximum Gasteiger partial charge on any atom is 0.308 e. The molecular formula is C24H27N3O5S. The number of hydrogen-bond acceptors (Lipinski definition) is 6. The van der Waals surface area contributed by atoms with Gasteiger partial charge in [-0.05, 0) is 35.5 Å². The van der Waals surface area contributed by atoms with Gasteiger partial charge in [-0.25, -0.2) is 0 Å². The Morgan fingerprint density at radius 1 is 1.12 bits per heavy atom. The van der Waals surface area contributed by atoms with Crippen molar-refractivity contribution in [3.63, 3.8) is 0 Å². The molecule has 0 unspecified atom stereocenters. The van der Waals surface area contributed by atoms with E-state index in [9.17, 15) is 14.4 Å². The molecule has 9 heteroatoms. The fraction of sp³-hybridized carbons (Fsp3) is 0.333. The van der Waals surface area contributed by atoms with E-state index in [2.05, 4.69) is 10.6 Å². The average Bonchev–Trinajstić information content (AvgIpc) is 2.81. The highest BCUT2D eigenvalue weighted by atomic mass is 32.1.